The Labute approximate surface area is 164 Å². The molecule has 0 bridgehead atoms. The average molecular weight is 377 g/mol. The van der Waals surface area contributed by atoms with Crippen molar-refractivity contribution in [2.75, 3.05) is 18.0 Å². The molecule has 4 rings (SSSR count). The highest BCUT2D eigenvalue weighted by molar-refractivity contribution is 5.55. The quantitative estimate of drug-likeness (QED) is 0.670. The molecule has 3 aromatic rings. The Hall–Kier alpha value is -3.16. The summed E-state index contributed by atoms with van der Waals surface area (Å²) in [4.78, 5) is 19.9. The van der Waals surface area contributed by atoms with Gasteiger partial charge in [-0.05, 0) is 44.2 Å². The molecule has 0 unspecified atom stereocenters. The van der Waals surface area contributed by atoms with Crippen molar-refractivity contribution in [2.45, 2.75) is 32.8 Å². The zero-order valence-electron chi connectivity index (χ0n) is 16.1. The van der Waals surface area contributed by atoms with Gasteiger partial charge < -0.3 is 9.64 Å². The monoisotopic (exact) mass is 377 g/mol. The molecule has 8 heteroatoms. The fraction of sp³-hybridized carbons (Fsp3) is 0.400. The first-order valence-corrected chi connectivity index (χ1v) is 9.48. The Balaban J connectivity index is 1.32. The molecular weight excluding hydrogens is 354 g/mol. The molecule has 0 N–H and O–H groups in total. The van der Waals surface area contributed by atoms with Crippen molar-refractivity contribution in [1.82, 2.24) is 30.1 Å². The Kier molecular flexibility index (Phi) is 5.36. The van der Waals surface area contributed by atoms with Crippen LogP contribution >= 0.6 is 0 Å². The van der Waals surface area contributed by atoms with Gasteiger partial charge in [0, 0.05) is 31.0 Å². The minimum Gasteiger partial charge on any atom is -0.473 e. The van der Waals surface area contributed by atoms with E-state index in [4.69, 9.17) is 4.74 Å². The van der Waals surface area contributed by atoms with Gasteiger partial charge in [-0.1, -0.05) is 0 Å². The van der Waals surface area contributed by atoms with E-state index >= 15 is 0 Å². The molecule has 144 valence electrons. The second-order valence-electron chi connectivity index (χ2n) is 7.08. The zero-order valence-corrected chi connectivity index (χ0v) is 16.1. The summed E-state index contributed by atoms with van der Waals surface area (Å²) in [6.07, 6.45) is 12.5. The number of rotatable bonds is 5. The summed E-state index contributed by atoms with van der Waals surface area (Å²) >= 11 is 0. The van der Waals surface area contributed by atoms with E-state index in [1.807, 2.05) is 25.4 Å². The lowest BCUT2D eigenvalue weighted by Crippen LogP contribution is -2.39. The average Bonchev–Trinajstić information content (AvgIpc) is 2.75. The standard InChI is InChI=1S/C20H23N7O/c1-14-9-23-20(24-10-14)27-7-4-16(5-8-27)15(2)28-19-13-21-18(12-22-19)17-3-6-25-26-11-17/h3,6,9-13,15-16H,4-5,7-8H2,1-2H3/t15-/m0/s1. The van der Waals surface area contributed by atoms with E-state index in [-0.39, 0.29) is 6.10 Å². The van der Waals surface area contributed by atoms with Crippen LogP contribution in [-0.4, -0.2) is 49.3 Å². The molecule has 1 saturated heterocycles. The third-order valence-electron chi connectivity index (χ3n) is 5.07. The minimum atomic E-state index is 0.0730. The van der Waals surface area contributed by atoms with Crippen LogP contribution in [0.15, 0.2) is 43.2 Å². The number of anilines is 1. The summed E-state index contributed by atoms with van der Waals surface area (Å²) < 4.78 is 6.05. The van der Waals surface area contributed by atoms with Crippen LogP contribution in [0.2, 0.25) is 0 Å². The van der Waals surface area contributed by atoms with Gasteiger partial charge in [0.05, 0.1) is 30.5 Å². The van der Waals surface area contributed by atoms with E-state index in [2.05, 4.69) is 42.0 Å². The topological polar surface area (TPSA) is 89.8 Å². The lowest BCUT2D eigenvalue weighted by Gasteiger charge is -2.34. The number of hydrogen-bond donors (Lipinski definition) is 0. The summed E-state index contributed by atoms with van der Waals surface area (Å²) in [5, 5.41) is 7.64. The van der Waals surface area contributed by atoms with Crippen molar-refractivity contribution in [1.29, 1.82) is 0 Å². The number of nitrogens with zero attached hydrogens (tertiary/aromatic N) is 7. The van der Waals surface area contributed by atoms with Gasteiger partial charge >= 0.3 is 0 Å². The van der Waals surface area contributed by atoms with E-state index in [1.165, 1.54) is 0 Å². The smallest absolute Gasteiger partial charge is 0.232 e. The van der Waals surface area contributed by atoms with Crippen molar-refractivity contribution in [3.05, 3.63) is 48.8 Å². The summed E-state index contributed by atoms with van der Waals surface area (Å²) in [5.74, 6) is 1.82. The number of piperidine rings is 1. The van der Waals surface area contributed by atoms with E-state index < -0.39 is 0 Å². The first-order valence-electron chi connectivity index (χ1n) is 9.48. The van der Waals surface area contributed by atoms with Crippen molar-refractivity contribution in [2.24, 2.45) is 5.92 Å². The molecule has 3 aromatic heterocycles. The lowest BCUT2D eigenvalue weighted by atomic mass is 9.92. The summed E-state index contributed by atoms with van der Waals surface area (Å²) in [5.41, 5.74) is 2.71. The molecule has 4 heterocycles. The van der Waals surface area contributed by atoms with E-state index in [9.17, 15) is 0 Å². The van der Waals surface area contributed by atoms with Crippen LogP contribution in [0.5, 0.6) is 5.88 Å². The maximum Gasteiger partial charge on any atom is 0.232 e. The third kappa shape index (κ3) is 4.21. The third-order valence-corrected chi connectivity index (χ3v) is 5.07. The molecule has 1 aliphatic rings. The van der Waals surface area contributed by atoms with Crippen molar-refractivity contribution < 1.29 is 4.74 Å². The van der Waals surface area contributed by atoms with Gasteiger partial charge in [-0.15, -0.1) is 0 Å². The zero-order chi connectivity index (χ0) is 19.3. The van der Waals surface area contributed by atoms with E-state index in [0.717, 1.165) is 48.7 Å². The highest BCUT2D eigenvalue weighted by Crippen LogP contribution is 2.26. The normalized spacial score (nSPS) is 16.0. The molecule has 0 amide bonds. The van der Waals surface area contributed by atoms with Crippen LogP contribution < -0.4 is 9.64 Å². The Morgan fingerprint density at radius 2 is 1.75 bits per heavy atom. The van der Waals surface area contributed by atoms with Gasteiger partial charge in [0.1, 0.15) is 6.10 Å². The first-order chi connectivity index (χ1) is 13.7. The predicted octanol–water partition coefficient (Wildman–Crippen LogP) is 2.72. The van der Waals surface area contributed by atoms with Gasteiger partial charge in [0.15, 0.2) is 0 Å². The van der Waals surface area contributed by atoms with Crippen molar-refractivity contribution >= 4 is 5.95 Å². The molecule has 0 spiro atoms. The predicted molar refractivity (Wildman–Crippen MR) is 105 cm³/mol. The highest BCUT2D eigenvalue weighted by Gasteiger charge is 2.26. The van der Waals surface area contributed by atoms with Crippen molar-refractivity contribution in [3.8, 4) is 17.1 Å². The molecule has 1 atom stereocenters. The second kappa shape index (κ2) is 8.24. The number of ether oxygens (including phenoxy) is 1. The Bertz CT molecular complexity index is 879. The Morgan fingerprint density at radius 1 is 0.964 bits per heavy atom. The van der Waals surface area contributed by atoms with E-state index in [1.54, 1.807) is 24.8 Å². The molecule has 28 heavy (non-hydrogen) atoms. The summed E-state index contributed by atoms with van der Waals surface area (Å²) in [6.45, 7) is 5.96. The highest BCUT2D eigenvalue weighted by atomic mass is 16.5. The lowest BCUT2D eigenvalue weighted by molar-refractivity contribution is 0.127. The summed E-state index contributed by atoms with van der Waals surface area (Å²) in [6, 6.07) is 1.85. The number of hydrogen-bond acceptors (Lipinski definition) is 8. The van der Waals surface area contributed by atoms with Gasteiger partial charge in [0.2, 0.25) is 11.8 Å². The fourth-order valence-electron chi connectivity index (χ4n) is 3.37. The molecule has 0 aromatic carbocycles. The van der Waals surface area contributed by atoms with Gasteiger partial charge in [-0.3, -0.25) is 0 Å². The van der Waals surface area contributed by atoms with E-state index in [0.29, 0.717) is 11.8 Å². The van der Waals surface area contributed by atoms with Crippen LogP contribution in [0.25, 0.3) is 11.3 Å². The summed E-state index contributed by atoms with van der Waals surface area (Å²) in [7, 11) is 0. The van der Waals surface area contributed by atoms with Gasteiger partial charge in [0.25, 0.3) is 0 Å². The van der Waals surface area contributed by atoms with Crippen LogP contribution in [0.3, 0.4) is 0 Å². The SMILES string of the molecule is Cc1cnc(N2CCC([C@H](C)Oc3cnc(-c4ccnnc4)cn3)CC2)nc1. The minimum absolute atomic E-state index is 0.0730. The maximum absolute atomic E-state index is 6.05. The molecule has 1 aliphatic heterocycles. The molecular formula is C20H23N7O. The molecule has 0 radical (unpaired) electrons. The van der Waals surface area contributed by atoms with Crippen LogP contribution in [-0.2, 0) is 0 Å². The molecule has 1 fully saturated rings. The largest absolute Gasteiger partial charge is 0.473 e. The van der Waals surface area contributed by atoms with Crippen molar-refractivity contribution in [3.63, 3.8) is 0 Å². The number of aryl methyl sites for hydroxylation is 1. The van der Waals surface area contributed by atoms with Crippen LogP contribution in [0.1, 0.15) is 25.3 Å². The number of aromatic nitrogens is 6. The van der Waals surface area contributed by atoms with Crippen LogP contribution in [0.4, 0.5) is 5.95 Å². The fourth-order valence-corrected chi connectivity index (χ4v) is 3.37. The second-order valence-corrected chi connectivity index (χ2v) is 7.08. The van der Waals surface area contributed by atoms with Gasteiger partial charge in [-0.2, -0.15) is 10.2 Å². The Morgan fingerprint density at radius 3 is 2.39 bits per heavy atom. The molecule has 0 aliphatic carbocycles. The first kappa shape index (κ1) is 18.2. The molecule has 8 nitrogen and oxygen atoms in total. The van der Waals surface area contributed by atoms with Gasteiger partial charge in [-0.25, -0.2) is 19.9 Å². The molecule has 0 saturated carbocycles. The van der Waals surface area contributed by atoms with Crippen LogP contribution in [0, 0.1) is 12.8 Å². The maximum atomic E-state index is 6.05.